The lowest BCUT2D eigenvalue weighted by Gasteiger charge is -2.02. The molecule has 1 aromatic rings. The number of urea groups is 1. The van der Waals surface area contributed by atoms with E-state index in [1.807, 2.05) is 5.43 Å². The first-order chi connectivity index (χ1) is 7.00. The normalized spacial score (nSPS) is 10.5. The fourth-order valence-corrected chi connectivity index (χ4v) is 2.11. The van der Waals surface area contributed by atoms with Crippen LogP contribution in [0.1, 0.15) is 5.56 Å². The Morgan fingerprint density at radius 1 is 1.53 bits per heavy atom. The van der Waals surface area contributed by atoms with E-state index in [9.17, 15) is 9.90 Å². The number of nitrogens with zero attached hydrogens (tertiary/aromatic N) is 1. The Labute approximate surface area is 103 Å². The minimum Gasteiger partial charge on any atom is -0.506 e. The number of phenols is 1. The number of carbonyl (C=O) groups is 1. The SMILES string of the molecule is NC(=O)N/N=C\c1cc(Br)cc(Br)c1O. The van der Waals surface area contributed by atoms with Gasteiger partial charge in [-0.1, -0.05) is 15.9 Å². The van der Waals surface area contributed by atoms with Crippen molar-refractivity contribution in [3.8, 4) is 5.75 Å². The van der Waals surface area contributed by atoms with Gasteiger partial charge in [0.15, 0.2) is 0 Å². The first-order valence-electron chi connectivity index (χ1n) is 3.77. The number of halogens is 2. The van der Waals surface area contributed by atoms with E-state index < -0.39 is 6.03 Å². The van der Waals surface area contributed by atoms with Crippen molar-refractivity contribution in [1.29, 1.82) is 0 Å². The Morgan fingerprint density at radius 2 is 2.20 bits per heavy atom. The Hall–Kier alpha value is -1.08. The largest absolute Gasteiger partial charge is 0.506 e. The molecule has 0 bridgehead atoms. The van der Waals surface area contributed by atoms with E-state index in [0.29, 0.717) is 10.0 Å². The van der Waals surface area contributed by atoms with Gasteiger partial charge >= 0.3 is 6.03 Å². The average molecular weight is 337 g/mol. The van der Waals surface area contributed by atoms with E-state index in [2.05, 4.69) is 37.0 Å². The van der Waals surface area contributed by atoms with Crippen molar-refractivity contribution in [3.63, 3.8) is 0 Å². The third kappa shape index (κ3) is 3.52. The molecule has 0 atom stereocenters. The summed E-state index contributed by atoms with van der Waals surface area (Å²) >= 11 is 6.42. The van der Waals surface area contributed by atoms with Crippen molar-refractivity contribution < 1.29 is 9.90 Å². The van der Waals surface area contributed by atoms with Gasteiger partial charge in [0.2, 0.25) is 0 Å². The second kappa shape index (κ2) is 5.13. The summed E-state index contributed by atoms with van der Waals surface area (Å²) < 4.78 is 1.30. The van der Waals surface area contributed by atoms with Gasteiger partial charge in [-0.05, 0) is 28.1 Å². The van der Waals surface area contributed by atoms with Crippen LogP contribution in [-0.4, -0.2) is 17.4 Å². The van der Waals surface area contributed by atoms with Crippen LogP contribution in [0.4, 0.5) is 4.79 Å². The minimum atomic E-state index is -0.764. The number of amides is 2. The maximum absolute atomic E-state index is 10.3. The number of primary amides is 1. The molecule has 0 saturated heterocycles. The molecule has 0 fully saturated rings. The number of hydrazone groups is 1. The zero-order valence-electron chi connectivity index (χ0n) is 7.37. The molecule has 1 rings (SSSR count). The number of phenolic OH excluding ortho intramolecular Hbond substituents is 1. The Bertz CT molecular complexity index is 421. The number of hydrogen-bond donors (Lipinski definition) is 3. The predicted octanol–water partition coefficient (Wildman–Crippen LogP) is 1.92. The molecule has 0 aliphatic heterocycles. The molecule has 7 heteroatoms. The summed E-state index contributed by atoms with van der Waals surface area (Å²) in [4.78, 5) is 10.3. The van der Waals surface area contributed by atoms with Crippen molar-refractivity contribution in [1.82, 2.24) is 5.43 Å². The number of carbonyl (C=O) groups excluding carboxylic acids is 1. The van der Waals surface area contributed by atoms with E-state index >= 15 is 0 Å². The molecule has 0 unspecified atom stereocenters. The fraction of sp³-hybridized carbons (Fsp3) is 0. The van der Waals surface area contributed by atoms with Gasteiger partial charge < -0.3 is 10.8 Å². The number of rotatable bonds is 2. The lowest BCUT2D eigenvalue weighted by molar-refractivity contribution is 0.249. The highest BCUT2D eigenvalue weighted by molar-refractivity contribution is 9.11. The molecule has 0 radical (unpaired) electrons. The summed E-state index contributed by atoms with van der Waals surface area (Å²) in [5.41, 5.74) is 7.29. The van der Waals surface area contributed by atoms with E-state index in [4.69, 9.17) is 5.73 Å². The number of nitrogens with two attached hydrogens (primary N) is 1. The molecule has 4 N–H and O–H groups in total. The van der Waals surface area contributed by atoms with Crippen LogP contribution >= 0.6 is 31.9 Å². The number of hydrogen-bond acceptors (Lipinski definition) is 3. The summed E-state index contributed by atoms with van der Waals surface area (Å²) in [5.74, 6) is 0.0354. The van der Waals surface area contributed by atoms with E-state index in [1.165, 1.54) is 6.21 Å². The molecule has 2 amide bonds. The quantitative estimate of drug-likeness (QED) is 0.569. The zero-order valence-corrected chi connectivity index (χ0v) is 10.5. The molecule has 0 heterocycles. The highest BCUT2D eigenvalue weighted by Gasteiger charge is 2.04. The molecule has 0 aromatic heterocycles. The summed E-state index contributed by atoms with van der Waals surface area (Å²) in [6.45, 7) is 0. The van der Waals surface area contributed by atoms with E-state index in [1.54, 1.807) is 12.1 Å². The highest BCUT2D eigenvalue weighted by Crippen LogP contribution is 2.30. The number of aromatic hydroxyl groups is 1. The summed E-state index contributed by atoms with van der Waals surface area (Å²) in [6, 6.07) is 2.57. The van der Waals surface area contributed by atoms with Gasteiger partial charge in [0.25, 0.3) is 0 Å². The lowest BCUT2D eigenvalue weighted by atomic mass is 10.2. The molecule has 0 aliphatic rings. The molecule has 0 aliphatic carbocycles. The van der Waals surface area contributed by atoms with Crippen molar-refractivity contribution in [2.75, 3.05) is 0 Å². The first-order valence-corrected chi connectivity index (χ1v) is 5.36. The minimum absolute atomic E-state index is 0.0354. The topological polar surface area (TPSA) is 87.7 Å². The first kappa shape index (κ1) is 12.0. The summed E-state index contributed by atoms with van der Waals surface area (Å²) in [5, 5.41) is 13.1. The fourth-order valence-electron chi connectivity index (χ4n) is 0.850. The maximum Gasteiger partial charge on any atom is 0.332 e. The summed E-state index contributed by atoms with van der Waals surface area (Å²) in [7, 11) is 0. The van der Waals surface area contributed by atoms with Crippen LogP contribution in [0, 0.1) is 0 Å². The molecule has 1 aromatic carbocycles. The average Bonchev–Trinajstić information content (AvgIpc) is 2.12. The van der Waals surface area contributed by atoms with Gasteiger partial charge in [-0.15, -0.1) is 0 Å². The van der Waals surface area contributed by atoms with Crippen LogP contribution in [0.3, 0.4) is 0 Å². The third-order valence-corrected chi connectivity index (χ3v) is 2.50. The Morgan fingerprint density at radius 3 is 2.80 bits per heavy atom. The van der Waals surface area contributed by atoms with Crippen LogP contribution < -0.4 is 11.2 Å². The number of benzene rings is 1. The Balaban J connectivity index is 2.94. The molecule has 80 valence electrons. The number of nitrogens with one attached hydrogen (secondary N) is 1. The Kier molecular flexibility index (Phi) is 4.10. The van der Waals surface area contributed by atoms with Gasteiger partial charge in [-0.2, -0.15) is 5.10 Å². The smallest absolute Gasteiger partial charge is 0.332 e. The standard InChI is InChI=1S/C8H7Br2N3O2/c9-5-1-4(3-12-13-8(11)15)7(14)6(10)2-5/h1-3,14H,(H3,11,13,15)/b12-3-. The van der Waals surface area contributed by atoms with E-state index in [-0.39, 0.29) is 5.75 Å². The van der Waals surface area contributed by atoms with Gasteiger partial charge in [0, 0.05) is 10.0 Å². The van der Waals surface area contributed by atoms with Crippen LogP contribution in [0.2, 0.25) is 0 Å². The van der Waals surface area contributed by atoms with Crippen molar-refractivity contribution in [2.45, 2.75) is 0 Å². The van der Waals surface area contributed by atoms with E-state index in [0.717, 1.165) is 4.47 Å². The van der Waals surface area contributed by atoms with Crippen LogP contribution in [0.15, 0.2) is 26.2 Å². The molecule has 0 spiro atoms. The molecular weight excluding hydrogens is 330 g/mol. The molecular formula is C8H7Br2N3O2. The summed E-state index contributed by atoms with van der Waals surface area (Å²) in [6.07, 6.45) is 1.29. The molecule has 15 heavy (non-hydrogen) atoms. The molecule has 0 saturated carbocycles. The van der Waals surface area contributed by atoms with Gasteiger partial charge in [0.05, 0.1) is 10.7 Å². The van der Waals surface area contributed by atoms with Gasteiger partial charge in [-0.3, -0.25) is 0 Å². The van der Waals surface area contributed by atoms with Gasteiger partial charge in [-0.25, -0.2) is 10.2 Å². The van der Waals surface area contributed by atoms with Crippen LogP contribution in [0.25, 0.3) is 0 Å². The third-order valence-electron chi connectivity index (χ3n) is 1.44. The van der Waals surface area contributed by atoms with Crippen LogP contribution in [0.5, 0.6) is 5.75 Å². The lowest BCUT2D eigenvalue weighted by Crippen LogP contribution is -2.24. The monoisotopic (exact) mass is 335 g/mol. The highest BCUT2D eigenvalue weighted by atomic mass is 79.9. The zero-order chi connectivity index (χ0) is 11.4. The van der Waals surface area contributed by atoms with Crippen LogP contribution in [-0.2, 0) is 0 Å². The van der Waals surface area contributed by atoms with Crippen molar-refractivity contribution in [2.24, 2.45) is 10.8 Å². The molecule has 5 nitrogen and oxygen atoms in total. The predicted molar refractivity (Wildman–Crippen MR) is 63.8 cm³/mol. The van der Waals surface area contributed by atoms with Crippen molar-refractivity contribution >= 4 is 44.1 Å². The second-order valence-electron chi connectivity index (χ2n) is 2.56. The van der Waals surface area contributed by atoms with Crippen molar-refractivity contribution in [3.05, 3.63) is 26.6 Å². The van der Waals surface area contributed by atoms with Gasteiger partial charge in [0.1, 0.15) is 5.75 Å². The maximum atomic E-state index is 10.3. The second-order valence-corrected chi connectivity index (χ2v) is 4.33.